The molecule has 0 spiro atoms. The van der Waals surface area contributed by atoms with E-state index in [2.05, 4.69) is 83.1 Å². The van der Waals surface area contributed by atoms with E-state index in [1.165, 1.54) is 0 Å². The number of hydrogen-bond donors (Lipinski definition) is 0. The van der Waals surface area contributed by atoms with Gasteiger partial charge >= 0.3 is 195 Å². The van der Waals surface area contributed by atoms with Gasteiger partial charge in [-0.05, 0) is 0 Å². The normalized spacial score (nSPS) is 19.9. The third-order valence-electron chi connectivity index (χ3n) is 13.6. The molecule has 0 aromatic heterocycles. The molecule has 4 heteroatoms. The monoisotopic (exact) mass is 496 g/mol. The fourth-order valence-electron chi connectivity index (χ4n) is 10.9. The minimum absolute atomic E-state index is 0.193. The first kappa shape index (κ1) is 32.4. The first-order valence-corrected chi connectivity index (χ1v) is 22.7. The van der Waals surface area contributed by atoms with Gasteiger partial charge in [-0.3, -0.25) is 0 Å². The summed E-state index contributed by atoms with van der Waals surface area (Å²) in [6.07, 6.45) is 6.97. The van der Waals surface area contributed by atoms with Crippen molar-refractivity contribution in [2.24, 2.45) is 0 Å². The summed E-state index contributed by atoms with van der Waals surface area (Å²) in [6.45, 7) is 26.2. The Morgan fingerprint density at radius 3 is 0.844 bits per heavy atom. The molecule has 0 aromatic rings. The van der Waals surface area contributed by atoms with Crippen molar-refractivity contribution in [2.75, 3.05) is 0 Å². The molecule has 0 unspecified atom stereocenters. The number of rotatable bonds is 18. The average molecular weight is 497 g/mol. The van der Waals surface area contributed by atoms with Gasteiger partial charge in [-0.15, -0.1) is 0 Å². The first-order chi connectivity index (χ1) is 14.4. The van der Waals surface area contributed by atoms with Crippen molar-refractivity contribution in [3.05, 3.63) is 0 Å². The van der Waals surface area contributed by atoms with Crippen LogP contribution in [0.25, 0.3) is 0 Å². The first-order valence-electron chi connectivity index (χ1n) is 14.5. The summed E-state index contributed by atoms with van der Waals surface area (Å²) in [7, 11) is -7.60. The van der Waals surface area contributed by atoms with E-state index >= 15 is 3.32 Å². The van der Waals surface area contributed by atoms with E-state index in [1.54, 1.807) is 0 Å². The van der Waals surface area contributed by atoms with Crippen LogP contribution in [-0.2, 0) is 20.9 Å². The van der Waals surface area contributed by atoms with Crippen LogP contribution in [-0.4, -0.2) is 12.2 Å². The Morgan fingerprint density at radius 1 is 0.500 bits per heavy atom. The molecule has 0 atom stereocenters. The molecule has 0 rings (SSSR count). The van der Waals surface area contributed by atoms with Gasteiger partial charge in [0.25, 0.3) is 0 Å². The molecular weight excluding hydrogens is 432 g/mol. The molecule has 0 N–H and O–H groups in total. The van der Waals surface area contributed by atoms with Gasteiger partial charge in [0.1, 0.15) is 0 Å². The van der Waals surface area contributed by atoms with E-state index in [0.717, 1.165) is 51.4 Å². The van der Waals surface area contributed by atoms with Crippen molar-refractivity contribution in [3.8, 4) is 0 Å². The Morgan fingerprint density at radius 2 is 0.719 bits per heavy atom. The summed E-state index contributed by atoms with van der Waals surface area (Å²) in [5.74, 6) is 0. The maximum absolute atomic E-state index is 18.7. The topological polar surface area (TPSA) is 35.5 Å². The molecule has 0 fully saturated rings. The zero-order valence-corrected chi connectivity index (χ0v) is 26.1. The maximum atomic E-state index is 18.7. The molecule has 32 heavy (non-hydrogen) atoms. The molecule has 0 saturated heterocycles. The number of unbranched alkanes of at least 4 members (excludes halogenated alkanes) is 4. The molecule has 0 aromatic carbocycles. The van der Waals surface area contributed by atoms with Gasteiger partial charge in [0, 0.05) is 0 Å². The molecule has 198 valence electrons. The van der Waals surface area contributed by atoms with Gasteiger partial charge in [0.15, 0.2) is 0 Å². The van der Waals surface area contributed by atoms with Crippen molar-refractivity contribution in [2.45, 2.75) is 174 Å². The van der Waals surface area contributed by atoms with Gasteiger partial charge in [0.05, 0.1) is 0 Å². The van der Waals surface area contributed by atoms with Crippen molar-refractivity contribution in [3.63, 3.8) is 0 Å². The molecular formula is C28H64O3Ti. The zero-order valence-electron chi connectivity index (χ0n) is 24.5. The molecule has 0 bridgehead atoms. The van der Waals surface area contributed by atoms with E-state index in [1.807, 2.05) is 0 Å². The molecule has 0 amide bonds. The molecule has 3 nitrogen and oxygen atoms in total. The number of hydrogen-bond acceptors (Lipinski definition) is 3. The van der Waals surface area contributed by atoms with Crippen LogP contribution in [0.4, 0.5) is 0 Å². The average Bonchev–Trinajstić information content (AvgIpc) is 2.69. The summed E-state index contributed by atoms with van der Waals surface area (Å²) < 4.78 is 36.0. The van der Waals surface area contributed by atoms with E-state index in [9.17, 15) is 0 Å². The quantitative estimate of drug-likeness (QED) is 0.177. The van der Waals surface area contributed by atoms with Crippen molar-refractivity contribution < 1.29 is 20.9 Å². The molecule has 0 aliphatic heterocycles. The van der Waals surface area contributed by atoms with Crippen LogP contribution < -0.4 is 0 Å². The van der Waals surface area contributed by atoms with Crippen LogP contribution in [0.3, 0.4) is 0 Å². The van der Waals surface area contributed by atoms with E-state index < -0.39 is 10.9 Å². The summed E-state index contributed by atoms with van der Waals surface area (Å²) in [4.78, 5) is 0. The van der Waals surface area contributed by atoms with Gasteiger partial charge in [-0.25, -0.2) is 0 Å². The molecule has 0 heterocycles. The predicted octanol–water partition coefficient (Wildman–Crippen LogP) is 11.4. The minimum atomic E-state index is -7.60. The predicted molar refractivity (Wildman–Crippen MR) is 142 cm³/mol. The van der Waals surface area contributed by atoms with Crippen LogP contribution in [0.15, 0.2) is 0 Å². The van der Waals surface area contributed by atoms with E-state index in [4.69, 9.17) is 6.64 Å². The molecule has 0 aliphatic rings. The standard InChI is InChI=1S/4C4H9.2C3H7O.2C3H7.O.Ti/c4*1-3-4-2;2*1-3(2)4;2*1-3-2;;/h4*1,3-4H2,2H3;2*3H,1-2H3;2*3H,1-2H3;;/q;;;;2*-1;;;;+2. The Hall–Kier alpha value is 0.434. The van der Waals surface area contributed by atoms with Crippen LogP contribution in [0, 0.1) is 0 Å². The Labute approximate surface area is 194 Å². The van der Waals surface area contributed by atoms with Crippen LogP contribution in [0.1, 0.15) is 134 Å². The second kappa shape index (κ2) is 7.47. The molecule has 0 aliphatic carbocycles. The second-order valence-electron chi connectivity index (χ2n) is 15.0. The van der Waals surface area contributed by atoms with Crippen molar-refractivity contribution in [1.82, 2.24) is 0 Å². The van der Waals surface area contributed by atoms with E-state index in [0.29, 0.717) is 18.9 Å². The summed E-state index contributed by atoms with van der Waals surface area (Å²) in [5.41, 5.74) is 0. The van der Waals surface area contributed by atoms with Gasteiger partial charge in [-0.1, -0.05) is 0 Å². The zero-order chi connectivity index (χ0) is 25.5. The third-order valence-corrected chi connectivity index (χ3v) is 51.5. The Kier molecular flexibility index (Phi) is 7.57. The van der Waals surface area contributed by atoms with Gasteiger partial charge in [-0.2, -0.15) is 0 Å². The van der Waals surface area contributed by atoms with Crippen molar-refractivity contribution >= 4 is 0 Å². The van der Waals surface area contributed by atoms with Crippen molar-refractivity contribution in [1.29, 1.82) is 0 Å². The SMILES string of the molecule is CCC[CH2][Ti](=[O])([CH2]CCC)([CH2]CCC)([CH2]CCC)([O]C(C)C)([O]C(C)C)([CH](C)C)[CH](C)C. The molecule has 0 saturated carbocycles. The fraction of sp³-hybridized carbons (Fsp3) is 1.00. The van der Waals surface area contributed by atoms with Gasteiger partial charge in [0.2, 0.25) is 0 Å². The third kappa shape index (κ3) is 3.09. The Bertz CT molecular complexity index is 736. The van der Waals surface area contributed by atoms with Crippen LogP contribution in [0.5, 0.6) is 0 Å². The summed E-state index contributed by atoms with van der Waals surface area (Å²) in [5, 5.41) is 0. The summed E-state index contributed by atoms with van der Waals surface area (Å²) >= 11 is 0. The second-order valence-corrected chi connectivity index (χ2v) is 41.2. The fourth-order valence-corrected chi connectivity index (χ4v) is 45.0. The summed E-state index contributed by atoms with van der Waals surface area (Å²) in [6, 6.07) is 0. The van der Waals surface area contributed by atoms with E-state index in [-0.39, 0.29) is 20.7 Å². The van der Waals surface area contributed by atoms with Crippen LogP contribution in [0.2, 0.25) is 27.3 Å². The Balaban J connectivity index is 9.08. The molecule has 0 radical (unpaired) electrons. The van der Waals surface area contributed by atoms with Gasteiger partial charge < -0.3 is 0 Å². The van der Waals surface area contributed by atoms with Crippen LogP contribution >= 0.6 is 0 Å².